The number of hydrogen-bond acceptors (Lipinski definition) is 3. The molecule has 2 unspecified atom stereocenters. The average molecular weight is 332 g/mol. The summed E-state index contributed by atoms with van der Waals surface area (Å²) in [6.45, 7) is 5.83. The maximum absolute atomic E-state index is 12.2. The van der Waals surface area contributed by atoms with E-state index in [1.165, 1.54) is 25.7 Å². The van der Waals surface area contributed by atoms with Gasteiger partial charge < -0.3 is 15.5 Å². The molecule has 2 amide bonds. The van der Waals surface area contributed by atoms with Crippen LogP contribution in [0, 0.1) is 5.92 Å². The van der Waals surface area contributed by atoms with Gasteiger partial charge in [-0.1, -0.05) is 25.7 Å². The lowest BCUT2D eigenvalue weighted by molar-refractivity contribution is -0.136. The number of carbonyl (C=O) groups is 2. The average Bonchev–Trinajstić information content (AvgIpc) is 2.99. The maximum atomic E-state index is 12.2. The summed E-state index contributed by atoms with van der Waals surface area (Å²) >= 11 is 0. The van der Waals surface area contributed by atoms with E-state index in [-0.39, 0.29) is 36.8 Å². The molecule has 2 N–H and O–H groups in total. The molecule has 1 saturated heterocycles. The Hall–Kier alpha value is -0.810. The van der Waals surface area contributed by atoms with Crippen LogP contribution in [0.3, 0.4) is 0 Å². The molecule has 22 heavy (non-hydrogen) atoms. The van der Waals surface area contributed by atoms with Crippen molar-refractivity contribution in [3.8, 4) is 0 Å². The zero-order valence-electron chi connectivity index (χ0n) is 13.8. The summed E-state index contributed by atoms with van der Waals surface area (Å²) in [6.07, 6.45) is 6.69. The molecular formula is C16H30ClN3O2. The molecule has 0 bridgehead atoms. The minimum absolute atomic E-state index is 0. The van der Waals surface area contributed by atoms with Gasteiger partial charge in [0.25, 0.3) is 0 Å². The van der Waals surface area contributed by atoms with Gasteiger partial charge in [-0.05, 0) is 26.2 Å². The van der Waals surface area contributed by atoms with Crippen molar-refractivity contribution >= 4 is 24.2 Å². The number of hydrogen-bond donors (Lipinski definition) is 2. The van der Waals surface area contributed by atoms with Gasteiger partial charge in [-0.3, -0.25) is 9.59 Å². The van der Waals surface area contributed by atoms with E-state index in [4.69, 9.17) is 0 Å². The molecule has 0 aromatic rings. The Morgan fingerprint density at radius 3 is 2.59 bits per heavy atom. The lowest BCUT2D eigenvalue weighted by atomic mass is 10.0. The van der Waals surface area contributed by atoms with E-state index in [1.54, 1.807) is 0 Å². The maximum Gasteiger partial charge on any atom is 0.242 e. The van der Waals surface area contributed by atoms with Gasteiger partial charge in [-0.25, -0.2) is 0 Å². The van der Waals surface area contributed by atoms with Gasteiger partial charge in [0.1, 0.15) is 0 Å². The van der Waals surface area contributed by atoms with Gasteiger partial charge in [-0.2, -0.15) is 0 Å². The van der Waals surface area contributed by atoms with Crippen LogP contribution >= 0.6 is 12.4 Å². The van der Waals surface area contributed by atoms with E-state index in [0.29, 0.717) is 12.5 Å². The predicted octanol–water partition coefficient (Wildman–Crippen LogP) is 1.70. The van der Waals surface area contributed by atoms with E-state index in [2.05, 4.69) is 24.5 Å². The molecule has 1 aliphatic heterocycles. The van der Waals surface area contributed by atoms with Gasteiger partial charge in [0.2, 0.25) is 11.8 Å². The minimum atomic E-state index is 0. The zero-order valence-corrected chi connectivity index (χ0v) is 14.6. The van der Waals surface area contributed by atoms with Crippen LogP contribution in [-0.2, 0) is 9.59 Å². The number of piperazine rings is 1. The standard InChI is InChI=1S/C16H29N3O2.ClH/c1-12-13(2)19(10-9-17-12)16(21)11-18-15(20)8-7-14-5-3-4-6-14;/h12-14,17H,3-11H2,1-2H3,(H,18,20);1H. The van der Waals surface area contributed by atoms with Crippen molar-refractivity contribution < 1.29 is 9.59 Å². The molecule has 2 atom stereocenters. The molecule has 0 aromatic carbocycles. The highest BCUT2D eigenvalue weighted by Crippen LogP contribution is 2.28. The van der Waals surface area contributed by atoms with Crippen LogP contribution in [-0.4, -0.2) is 48.4 Å². The van der Waals surface area contributed by atoms with Crippen molar-refractivity contribution in [2.75, 3.05) is 19.6 Å². The first-order chi connectivity index (χ1) is 10.1. The van der Waals surface area contributed by atoms with Gasteiger partial charge in [-0.15, -0.1) is 12.4 Å². The smallest absolute Gasteiger partial charge is 0.242 e. The highest BCUT2D eigenvalue weighted by molar-refractivity contribution is 5.85. The zero-order chi connectivity index (χ0) is 15.2. The fourth-order valence-electron chi connectivity index (χ4n) is 3.41. The van der Waals surface area contributed by atoms with Gasteiger partial charge in [0.05, 0.1) is 6.54 Å². The summed E-state index contributed by atoms with van der Waals surface area (Å²) in [5.41, 5.74) is 0. The molecular weight excluding hydrogens is 302 g/mol. The summed E-state index contributed by atoms with van der Waals surface area (Å²) in [7, 11) is 0. The molecule has 0 aromatic heterocycles. The summed E-state index contributed by atoms with van der Waals surface area (Å²) in [4.78, 5) is 25.9. The van der Waals surface area contributed by atoms with E-state index in [1.807, 2.05) is 4.90 Å². The third-order valence-electron chi connectivity index (χ3n) is 5.05. The van der Waals surface area contributed by atoms with Gasteiger partial charge >= 0.3 is 0 Å². The summed E-state index contributed by atoms with van der Waals surface area (Å²) in [5.74, 6) is 0.775. The number of rotatable bonds is 5. The summed E-state index contributed by atoms with van der Waals surface area (Å²) < 4.78 is 0. The molecule has 0 radical (unpaired) electrons. The predicted molar refractivity (Wildman–Crippen MR) is 90.1 cm³/mol. The van der Waals surface area contributed by atoms with Crippen LogP contribution in [0.1, 0.15) is 52.4 Å². The third kappa shape index (κ3) is 5.43. The van der Waals surface area contributed by atoms with Gasteiger partial charge in [0, 0.05) is 31.6 Å². The second-order valence-electron chi connectivity index (χ2n) is 6.54. The Balaban J connectivity index is 0.00000242. The van der Waals surface area contributed by atoms with Crippen molar-refractivity contribution in [2.24, 2.45) is 5.92 Å². The summed E-state index contributed by atoms with van der Waals surface area (Å²) in [5, 5.41) is 6.14. The molecule has 5 nitrogen and oxygen atoms in total. The van der Waals surface area contributed by atoms with Crippen LogP contribution < -0.4 is 10.6 Å². The molecule has 1 aliphatic carbocycles. The largest absolute Gasteiger partial charge is 0.347 e. The topological polar surface area (TPSA) is 61.4 Å². The summed E-state index contributed by atoms with van der Waals surface area (Å²) in [6, 6.07) is 0.488. The molecule has 2 rings (SSSR count). The Kier molecular flexibility index (Phi) is 8.18. The third-order valence-corrected chi connectivity index (χ3v) is 5.05. The minimum Gasteiger partial charge on any atom is -0.347 e. The van der Waals surface area contributed by atoms with Crippen LogP contribution in [0.15, 0.2) is 0 Å². The van der Waals surface area contributed by atoms with Crippen molar-refractivity contribution in [1.29, 1.82) is 0 Å². The van der Waals surface area contributed by atoms with Gasteiger partial charge in [0.15, 0.2) is 0 Å². The molecule has 6 heteroatoms. The van der Waals surface area contributed by atoms with Crippen molar-refractivity contribution in [3.63, 3.8) is 0 Å². The van der Waals surface area contributed by atoms with Crippen LogP contribution in [0.5, 0.6) is 0 Å². The first kappa shape index (κ1) is 19.2. The fourth-order valence-corrected chi connectivity index (χ4v) is 3.41. The second-order valence-corrected chi connectivity index (χ2v) is 6.54. The normalized spacial score (nSPS) is 25.6. The van der Waals surface area contributed by atoms with Crippen molar-refractivity contribution in [1.82, 2.24) is 15.5 Å². The van der Waals surface area contributed by atoms with Crippen LogP contribution in [0.2, 0.25) is 0 Å². The molecule has 2 fully saturated rings. The number of carbonyl (C=O) groups excluding carboxylic acids is 2. The molecule has 128 valence electrons. The van der Waals surface area contributed by atoms with Crippen molar-refractivity contribution in [2.45, 2.75) is 64.5 Å². The molecule has 2 aliphatic rings. The number of halogens is 1. The molecule has 1 heterocycles. The number of nitrogens with zero attached hydrogens (tertiary/aromatic N) is 1. The highest BCUT2D eigenvalue weighted by atomic mass is 35.5. The van der Waals surface area contributed by atoms with Crippen LogP contribution in [0.25, 0.3) is 0 Å². The Labute approximate surface area is 140 Å². The Morgan fingerprint density at radius 1 is 1.23 bits per heavy atom. The van der Waals surface area contributed by atoms with E-state index >= 15 is 0 Å². The molecule has 0 spiro atoms. The van der Waals surface area contributed by atoms with E-state index in [0.717, 1.165) is 25.4 Å². The van der Waals surface area contributed by atoms with E-state index in [9.17, 15) is 9.59 Å². The first-order valence-corrected chi connectivity index (χ1v) is 8.37. The van der Waals surface area contributed by atoms with Crippen molar-refractivity contribution in [3.05, 3.63) is 0 Å². The molecule has 1 saturated carbocycles. The second kappa shape index (κ2) is 9.36. The number of nitrogens with one attached hydrogen (secondary N) is 2. The highest BCUT2D eigenvalue weighted by Gasteiger charge is 2.27. The fraction of sp³-hybridized carbons (Fsp3) is 0.875. The van der Waals surface area contributed by atoms with Crippen LogP contribution in [0.4, 0.5) is 0 Å². The SMILES string of the molecule is CC1NCCN(C(=O)CNC(=O)CCC2CCCC2)C1C.Cl. The quantitative estimate of drug-likeness (QED) is 0.806. The monoisotopic (exact) mass is 331 g/mol. The Bertz CT molecular complexity index is 372. The lowest BCUT2D eigenvalue weighted by Gasteiger charge is -2.38. The van der Waals surface area contributed by atoms with E-state index < -0.39 is 0 Å². The lowest BCUT2D eigenvalue weighted by Crippen LogP contribution is -2.58. The number of amides is 2. The first-order valence-electron chi connectivity index (χ1n) is 8.37. The Morgan fingerprint density at radius 2 is 1.91 bits per heavy atom.